The van der Waals surface area contributed by atoms with E-state index in [-0.39, 0.29) is 19.0 Å². The number of rotatable bonds is 7. The van der Waals surface area contributed by atoms with Crippen LogP contribution in [0.25, 0.3) is 33.3 Å². The van der Waals surface area contributed by atoms with Gasteiger partial charge in [0, 0.05) is 28.6 Å². The van der Waals surface area contributed by atoms with Crippen molar-refractivity contribution in [1.29, 1.82) is 0 Å². The molecule has 0 saturated heterocycles. The first-order chi connectivity index (χ1) is 15.0. The Morgan fingerprint density at radius 1 is 1.19 bits per heavy atom. The van der Waals surface area contributed by atoms with E-state index >= 15 is 0 Å². The molecule has 0 aliphatic rings. The minimum absolute atomic E-state index is 0.0159. The summed E-state index contributed by atoms with van der Waals surface area (Å²) < 4.78 is 35.5. The summed E-state index contributed by atoms with van der Waals surface area (Å²) in [5.74, 6) is 0.367. The van der Waals surface area contributed by atoms with Gasteiger partial charge in [-0.05, 0) is 36.2 Å². The highest BCUT2D eigenvalue weighted by atomic mass is 35.5. The zero-order valence-electron chi connectivity index (χ0n) is 16.8. The Bertz CT molecular complexity index is 1270. The SMILES string of the molecule is CCc1cc(-c2cc3cc(OCCOC(=O)Cl)c(F)cc3o2)c2ncc(OC)nc2c1. The lowest BCUT2D eigenvalue weighted by atomic mass is 10.0. The summed E-state index contributed by atoms with van der Waals surface area (Å²) in [6, 6.07) is 8.51. The van der Waals surface area contributed by atoms with Gasteiger partial charge in [-0.3, -0.25) is 0 Å². The minimum Gasteiger partial charge on any atom is -0.487 e. The molecule has 0 saturated carbocycles. The molecule has 0 N–H and O–H groups in total. The maximum Gasteiger partial charge on any atom is 0.403 e. The van der Waals surface area contributed by atoms with Crippen LogP contribution in [-0.2, 0) is 11.2 Å². The van der Waals surface area contributed by atoms with Crippen molar-refractivity contribution in [3.63, 3.8) is 0 Å². The number of aromatic nitrogens is 2. The third-order valence-electron chi connectivity index (χ3n) is 4.69. The van der Waals surface area contributed by atoms with Crippen LogP contribution in [0.5, 0.6) is 11.6 Å². The zero-order valence-corrected chi connectivity index (χ0v) is 17.5. The van der Waals surface area contributed by atoms with Gasteiger partial charge in [0.15, 0.2) is 11.6 Å². The molecule has 9 heteroatoms. The van der Waals surface area contributed by atoms with Gasteiger partial charge in [0.25, 0.3) is 0 Å². The molecule has 0 bridgehead atoms. The molecular weight excluding hydrogens is 427 g/mol. The summed E-state index contributed by atoms with van der Waals surface area (Å²) >= 11 is 5.09. The number of carbonyl (C=O) groups excluding carboxylic acids is 1. The van der Waals surface area contributed by atoms with Crippen molar-refractivity contribution in [2.45, 2.75) is 13.3 Å². The fourth-order valence-electron chi connectivity index (χ4n) is 3.21. The van der Waals surface area contributed by atoms with E-state index in [0.29, 0.717) is 33.6 Å². The summed E-state index contributed by atoms with van der Waals surface area (Å²) in [6.45, 7) is 1.91. The number of halogens is 2. The number of benzene rings is 2. The first-order valence-corrected chi connectivity index (χ1v) is 9.88. The topological polar surface area (TPSA) is 83.7 Å². The highest BCUT2D eigenvalue weighted by Crippen LogP contribution is 2.35. The molecule has 0 aliphatic carbocycles. The highest BCUT2D eigenvalue weighted by molar-refractivity contribution is 6.61. The van der Waals surface area contributed by atoms with Crippen molar-refractivity contribution in [3.05, 3.63) is 47.9 Å². The Kier molecular flexibility index (Phi) is 5.90. The molecule has 0 spiro atoms. The second kappa shape index (κ2) is 8.77. The van der Waals surface area contributed by atoms with Crippen LogP contribution in [0.4, 0.5) is 9.18 Å². The minimum atomic E-state index is -0.943. The molecule has 0 atom stereocenters. The number of hydrogen-bond donors (Lipinski definition) is 0. The van der Waals surface area contributed by atoms with E-state index in [9.17, 15) is 9.18 Å². The number of nitrogens with zero attached hydrogens (tertiary/aromatic N) is 2. The predicted octanol–water partition coefficient (Wildman–Crippen LogP) is 5.51. The lowest BCUT2D eigenvalue weighted by Gasteiger charge is -2.07. The Morgan fingerprint density at radius 2 is 2.03 bits per heavy atom. The molecule has 4 rings (SSSR count). The molecule has 2 heterocycles. The molecule has 2 aromatic carbocycles. The van der Waals surface area contributed by atoms with Crippen LogP contribution < -0.4 is 9.47 Å². The standard InChI is InChI=1S/C22H18ClFN2O5/c1-3-12-6-14(21-16(7-12)26-20(28-2)11-25-21)18-8-13-9-19(15(24)10-17(13)31-18)29-4-5-30-22(23)27/h6-11H,3-5H2,1-2H3. The molecule has 0 fully saturated rings. The van der Waals surface area contributed by atoms with Gasteiger partial charge in [-0.15, -0.1) is 0 Å². The number of furan rings is 1. The Balaban J connectivity index is 1.73. The fourth-order valence-corrected chi connectivity index (χ4v) is 3.29. The van der Waals surface area contributed by atoms with E-state index in [1.165, 1.54) is 19.2 Å². The van der Waals surface area contributed by atoms with Crippen molar-refractivity contribution in [2.24, 2.45) is 0 Å². The molecule has 7 nitrogen and oxygen atoms in total. The van der Waals surface area contributed by atoms with Crippen molar-refractivity contribution in [2.75, 3.05) is 20.3 Å². The second-order valence-corrected chi connectivity index (χ2v) is 6.95. The largest absolute Gasteiger partial charge is 0.487 e. The molecule has 0 aliphatic heterocycles. The molecule has 31 heavy (non-hydrogen) atoms. The molecule has 0 amide bonds. The normalized spacial score (nSPS) is 11.1. The smallest absolute Gasteiger partial charge is 0.403 e. The van der Waals surface area contributed by atoms with E-state index in [1.807, 2.05) is 19.1 Å². The van der Waals surface area contributed by atoms with E-state index in [4.69, 9.17) is 25.5 Å². The number of ether oxygens (including phenoxy) is 3. The van der Waals surface area contributed by atoms with Crippen LogP contribution in [0.3, 0.4) is 0 Å². The van der Waals surface area contributed by atoms with E-state index < -0.39 is 11.2 Å². The Hall–Kier alpha value is -3.39. The summed E-state index contributed by atoms with van der Waals surface area (Å²) in [4.78, 5) is 19.5. The van der Waals surface area contributed by atoms with Crippen molar-refractivity contribution < 1.29 is 27.8 Å². The third-order valence-corrected chi connectivity index (χ3v) is 4.80. The number of hydrogen-bond acceptors (Lipinski definition) is 7. The monoisotopic (exact) mass is 444 g/mol. The fraction of sp³-hybridized carbons (Fsp3) is 0.227. The second-order valence-electron chi connectivity index (χ2n) is 6.64. The van der Waals surface area contributed by atoms with Crippen molar-refractivity contribution >= 4 is 39.0 Å². The van der Waals surface area contributed by atoms with Gasteiger partial charge in [-0.1, -0.05) is 6.92 Å². The van der Waals surface area contributed by atoms with Crippen LogP contribution in [0.15, 0.2) is 40.9 Å². The van der Waals surface area contributed by atoms with Gasteiger partial charge >= 0.3 is 5.43 Å². The zero-order chi connectivity index (χ0) is 22.0. The molecule has 0 unspecified atom stereocenters. The van der Waals surface area contributed by atoms with Crippen LogP contribution in [-0.4, -0.2) is 35.7 Å². The first kappa shape index (κ1) is 20.9. The van der Waals surface area contributed by atoms with Gasteiger partial charge in [0.2, 0.25) is 5.88 Å². The van der Waals surface area contributed by atoms with Gasteiger partial charge in [0.1, 0.15) is 24.6 Å². The maximum atomic E-state index is 14.4. The predicted molar refractivity (Wildman–Crippen MR) is 113 cm³/mol. The summed E-state index contributed by atoms with van der Waals surface area (Å²) in [5, 5.41) is 0.650. The third kappa shape index (κ3) is 4.39. The molecular formula is C22H18ClFN2O5. The van der Waals surface area contributed by atoms with Gasteiger partial charge in [-0.25, -0.2) is 19.2 Å². The number of fused-ring (bicyclic) bond motifs is 2. The summed E-state index contributed by atoms with van der Waals surface area (Å²) in [6.07, 6.45) is 2.33. The summed E-state index contributed by atoms with van der Waals surface area (Å²) in [7, 11) is 1.54. The van der Waals surface area contributed by atoms with Crippen molar-refractivity contribution in [3.8, 4) is 23.0 Å². The molecule has 0 radical (unpaired) electrons. The summed E-state index contributed by atoms with van der Waals surface area (Å²) in [5.41, 5.74) is 2.55. The number of aryl methyl sites for hydroxylation is 1. The average molecular weight is 445 g/mol. The Labute approximate surface area is 181 Å². The number of carbonyl (C=O) groups is 1. The highest BCUT2D eigenvalue weighted by Gasteiger charge is 2.16. The first-order valence-electron chi connectivity index (χ1n) is 9.50. The number of methoxy groups -OCH3 is 1. The van der Waals surface area contributed by atoms with E-state index in [2.05, 4.69) is 14.7 Å². The van der Waals surface area contributed by atoms with Gasteiger partial charge < -0.3 is 18.6 Å². The molecule has 160 valence electrons. The van der Waals surface area contributed by atoms with Gasteiger partial charge in [-0.2, -0.15) is 0 Å². The quantitative estimate of drug-likeness (QED) is 0.274. The lowest BCUT2D eigenvalue weighted by Crippen LogP contribution is -2.08. The molecule has 2 aromatic heterocycles. The van der Waals surface area contributed by atoms with Crippen molar-refractivity contribution in [1.82, 2.24) is 9.97 Å². The van der Waals surface area contributed by atoms with E-state index in [0.717, 1.165) is 17.5 Å². The Morgan fingerprint density at radius 3 is 2.77 bits per heavy atom. The average Bonchev–Trinajstić information content (AvgIpc) is 3.17. The van der Waals surface area contributed by atoms with E-state index in [1.54, 1.807) is 12.3 Å². The van der Waals surface area contributed by atoms with Crippen LogP contribution in [0.1, 0.15) is 12.5 Å². The van der Waals surface area contributed by atoms with Gasteiger partial charge in [0.05, 0.1) is 24.3 Å². The van der Waals surface area contributed by atoms with Crippen LogP contribution >= 0.6 is 11.6 Å². The maximum absolute atomic E-state index is 14.4. The van der Waals surface area contributed by atoms with Crippen LogP contribution in [0.2, 0.25) is 0 Å². The van der Waals surface area contributed by atoms with Crippen LogP contribution in [0, 0.1) is 5.82 Å². The molecule has 4 aromatic rings. The lowest BCUT2D eigenvalue weighted by molar-refractivity contribution is 0.146.